The summed E-state index contributed by atoms with van der Waals surface area (Å²) in [7, 11) is 3.51. The van der Waals surface area contributed by atoms with Gasteiger partial charge in [-0.15, -0.1) is 0 Å². The number of imidazole rings is 1. The SMILES string of the molecule is COc1ccc(C(=O)CSc2nccn2C)cc1.[Br-]. The Morgan fingerprint density at radius 2 is 2.05 bits per heavy atom. The number of benzene rings is 1. The number of rotatable bonds is 5. The van der Waals surface area contributed by atoms with E-state index < -0.39 is 0 Å². The third-order valence-corrected chi connectivity index (χ3v) is 3.58. The first-order valence-corrected chi connectivity index (χ1v) is 6.46. The molecule has 0 radical (unpaired) electrons. The highest BCUT2D eigenvalue weighted by Gasteiger charge is 2.08. The summed E-state index contributed by atoms with van der Waals surface area (Å²) in [5.74, 6) is 1.23. The Hall–Kier alpha value is -1.27. The van der Waals surface area contributed by atoms with Crippen LogP contribution in [0.15, 0.2) is 41.8 Å². The minimum Gasteiger partial charge on any atom is -1.00 e. The van der Waals surface area contributed by atoms with Crippen molar-refractivity contribution in [1.29, 1.82) is 0 Å². The van der Waals surface area contributed by atoms with Crippen molar-refractivity contribution in [2.45, 2.75) is 5.16 Å². The second-order valence-electron chi connectivity index (χ2n) is 3.76. The van der Waals surface area contributed by atoms with Crippen LogP contribution in [0.1, 0.15) is 10.4 Å². The number of aryl methyl sites for hydroxylation is 1. The summed E-state index contributed by atoms with van der Waals surface area (Å²) in [5.41, 5.74) is 0.692. The lowest BCUT2D eigenvalue weighted by atomic mass is 10.1. The van der Waals surface area contributed by atoms with E-state index in [4.69, 9.17) is 4.74 Å². The summed E-state index contributed by atoms with van der Waals surface area (Å²) < 4.78 is 6.95. The van der Waals surface area contributed by atoms with E-state index in [0.29, 0.717) is 11.3 Å². The summed E-state index contributed by atoms with van der Waals surface area (Å²) >= 11 is 1.44. The van der Waals surface area contributed by atoms with Crippen molar-refractivity contribution < 1.29 is 26.5 Å². The smallest absolute Gasteiger partial charge is 0.173 e. The number of thioether (sulfide) groups is 1. The predicted molar refractivity (Wildman–Crippen MR) is 71.3 cm³/mol. The zero-order valence-electron chi connectivity index (χ0n) is 10.7. The Bertz CT molecular complexity index is 540. The summed E-state index contributed by atoms with van der Waals surface area (Å²) in [6.45, 7) is 0. The van der Waals surface area contributed by atoms with E-state index in [0.717, 1.165) is 10.9 Å². The topological polar surface area (TPSA) is 44.1 Å². The Kier molecular flexibility index (Phi) is 6.11. The van der Waals surface area contributed by atoms with Crippen LogP contribution >= 0.6 is 11.8 Å². The molecule has 0 bridgehead atoms. The minimum atomic E-state index is 0. The van der Waals surface area contributed by atoms with Crippen LogP contribution in [-0.2, 0) is 7.05 Å². The van der Waals surface area contributed by atoms with E-state index in [1.807, 2.05) is 17.8 Å². The fourth-order valence-electron chi connectivity index (χ4n) is 1.48. The lowest BCUT2D eigenvalue weighted by Crippen LogP contribution is -3.00. The van der Waals surface area contributed by atoms with E-state index in [1.165, 1.54) is 11.8 Å². The molecule has 0 saturated carbocycles. The van der Waals surface area contributed by atoms with Gasteiger partial charge in [0.25, 0.3) is 0 Å². The molecule has 0 spiro atoms. The average Bonchev–Trinajstić information content (AvgIpc) is 2.81. The van der Waals surface area contributed by atoms with Crippen LogP contribution in [0.25, 0.3) is 0 Å². The molecule has 0 fully saturated rings. The maximum Gasteiger partial charge on any atom is 0.173 e. The molecule has 0 aliphatic heterocycles. The second kappa shape index (κ2) is 7.35. The highest BCUT2D eigenvalue weighted by molar-refractivity contribution is 7.99. The molecule has 1 aromatic carbocycles. The van der Waals surface area contributed by atoms with Gasteiger partial charge in [0, 0.05) is 25.0 Å². The lowest BCUT2D eigenvalue weighted by Gasteiger charge is -2.03. The molecule has 0 unspecified atom stereocenters. The van der Waals surface area contributed by atoms with Gasteiger partial charge in [-0.05, 0) is 24.3 Å². The normalized spacial score (nSPS) is 9.79. The molecule has 2 aromatic rings. The van der Waals surface area contributed by atoms with Crippen LogP contribution in [0.3, 0.4) is 0 Å². The first-order chi connectivity index (χ1) is 8.70. The molecule has 0 saturated heterocycles. The van der Waals surface area contributed by atoms with Crippen molar-refractivity contribution in [1.82, 2.24) is 9.55 Å². The maximum absolute atomic E-state index is 12.0. The molecule has 6 heteroatoms. The van der Waals surface area contributed by atoms with Gasteiger partial charge < -0.3 is 26.3 Å². The highest BCUT2D eigenvalue weighted by Crippen LogP contribution is 2.18. The van der Waals surface area contributed by atoms with Gasteiger partial charge in [0.2, 0.25) is 0 Å². The Labute approximate surface area is 126 Å². The van der Waals surface area contributed by atoms with Gasteiger partial charge in [0.15, 0.2) is 10.9 Å². The van der Waals surface area contributed by atoms with Crippen LogP contribution in [0, 0.1) is 0 Å². The quantitative estimate of drug-likeness (QED) is 0.538. The minimum absolute atomic E-state index is 0. The first-order valence-electron chi connectivity index (χ1n) is 5.48. The number of Topliss-reactive ketones (excluding diaryl/α,β-unsaturated/α-hetero) is 1. The molecule has 0 N–H and O–H groups in total. The molecule has 0 atom stereocenters. The lowest BCUT2D eigenvalue weighted by molar-refractivity contribution is -0.0000119. The van der Waals surface area contributed by atoms with Crippen molar-refractivity contribution in [2.24, 2.45) is 7.05 Å². The van der Waals surface area contributed by atoms with Crippen molar-refractivity contribution in [3.63, 3.8) is 0 Å². The fraction of sp³-hybridized carbons (Fsp3) is 0.231. The van der Waals surface area contributed by atoms with Crippen molar-refractivity contribution >= 4 is 17.5 Å². The zero-order valence-corrected chi connectivity index (χ0v) is 13.1. The van der Waals surface area contributed by atoms with Gasteiger partial charge in [-0.25, -0.2) is 4.98 Å². The summed E-state index contributed by atoms with van der Waals surface area (Å²) in [4.78, 5) is 16.1. The molecule has 4 nitrogen and oxygen atoms in total. The monoisotopic (exact) mass is 341 g/mol. The maximum atomic E-state index is 12.0. The molecule has 102 valence electrons. The number of halogens is 1. The van der Waals surface area contributed by atoms with Crippen LogP contribution in [0.4, 0.5) is 0 Å². The molecule has 1 aromatic heterocycles. The number of aromatic nitrogens is 2. The first kappa shape index (κ1) is 15.8. The van der Waals surface area contributed by atoms with Crippen molar-refractivity contribution in [2.75, 3.05) is 12.9 Å². The standard InChI is InChI=1S/C13H14N2O2S.BrH/c1-15-8-7-14-13(15)18-9-12(16)10-3-5-11(17-2)6-4-10;/h3-8H,9H2,1-2H3;1H/p-1. The Morgan fingerprint density at radius 1 is 1.37 bits per heavy atom. The molecule has 2 rings (SSSR count). The van der Waals surface area contributed by atoms with Crippen LogP contribution < -0.4 is 21.7 Å². The number of nitrogens with zero attached hydrogens (tertiary/aromatic N) is 2. The predicted octanol–water partition coefficient (Wildman–Crippen LogP) is -0.592. The second-order valence-corrected chi connectivity index (χ2v) is 4.70. The van der Waals surface area contributed by atoms with Crippen LogP contribution in [-0.4, -0.2) is 28.2 Å². The summed E-state index contributed by atoms with van der Waals surface area (Å²) in [5, 5.41) is 0.844. The van der Waals surface area contributed by atoms with Crippen LogP contribution in [0.5, 0.6) is 5.75 Å². The molecule has 0 aliphatic rings. The third kappa shape index (κ3) is 4.11. The number of ketones is 1. The average molecular weight is 342 g/mol. The number of hydrogen-bond donors (Lipinski definition) is 0. The number of hydrogen-bond acceptors (Lipinski definition) is 4. The number of carbonyl (C=O) groups is 1. The van der Waals surface area contributed by atoms with E-state index in [1.54, 1.807) is 37.6 Å². The van der Waals surface area contributed by atoms with E-state index in [-0.39, 0.29) is 22.8 Å². The van der Waals surface area contributed by atoms with E-state index in [2.05, 4.69) is 4.98 Å². The zero-order chi connectivity index (χ0) is 13.0. The molecule has 1 heterocycles. The number of ether oxygens (including phenoxy) is 1. The molecule has 19 heavy (non-hydrogen) atoms. The van der Waals surface area contributed by atoms with Crippen molar-refractivity contribution in [3.05, 3.63) is 42.2 Å². The van der Waals surface area contributed by atoms with E-state index >= 15 is 0 Å². The van der Waals surface area contributed by atoms with Crippen molar-refractivity contribution in [3.8, 4) is 5.75 Å². The Morgan fingerprint density at radius 3 is 2.58 bits per heavy atom. The molecular weight excluding hydrogens is 328 g/mol. The van der Waals surface area contributed by atoms with Gasteiger partial charge in [-0.2, -0.15) is 0 Å². The number of carbonyl (C=O) groups excluding carboxylic acids is 1. The molecule has 0 aliphatic carbocycles. The van der Waals surface area contributed by atoms with Gasteiger partial charge in [-0.3, -0.25) is 4.79 Å². The largest absolute Gasteiger partial charge is 1.00 e. The molecular formula is C13H14BrN2O2S-. The number of methoxy groups -OCH3 is 1. The van der Waals surface area contributed by atoms with E-state index in [9.17, 15) is 4.79 Å². The summed E-state index contributed by atoms with van der Waals surface area (Å²) in [6.07, 6.45) is 3.58. The fourth-order valence-corrected chi connectivity index (χ4v) is 2.31. The van der Waals surface area contributed by atoms with Gasteiger partial charge >= 0.3 is 0 Å². The third-order valence-electron chi connectivity index (χ3n) is 2.52. The van der Waals surface area contributed by atoms with Gasteiger partial charge in [-0.1, -0.05) is 11.8 Å². The highest BCUT2D eigenvalue weighted by atomic mass is 79.9. The summed E-state index contributed by atoms with van der Waals surface area (Å²) in [6, 6.07) is 7.14. The molecule has 0 amide bonds. The van der Waals surface area contributed by atoms with Gasteiger partial charge in [0.05, 0.1) is 12.9 Å². The Balaban J connectivity index is 0.00000180. The van der Waals surface area contributed by atoms with Gasteiger partial charge in [0.1, 0.15) is 5.75 Å². The van der Waals surface area contributed by atoms with Crippen LogP contribution in [0.2, 0.25) is 0 Å².